The van der Waals surface area contributed by atoms with E-state index in [2.05, 4.69) is 9.97 Å². The molecule has 5 heteroatoms. The number of hydrogen-bond donors (Lipinski definition) is 1. The molecule has 17 heavy (non-hydrogen) atoms. The number of rotatable bonds is 4. The van der Waals surface area contributed by atoms with Crippen LogP contribution >= 0.6 is 0 Å². The molecule has 2 aromatic heterocycles. The Labute approximate surface area is 101 Å². The summed E-state index contributed by atoms with van der Waals surface area (Å²) in [7, 11) is 1.94. The summed E-state index contributed by atoms with van der Waals surface area (Å²) >= 11 is 0. The molecule has 0 spiro atoms. The number of aromatic nitrogens is 4. The normalized spacial score (nSPS) is 12.0. The molecule has 0 unspecified atom stereocenters. The second-order valence-electron chi connectivity index (χ2n) is 4.87. The van der Waals surface area contributed by atoms with E-state index >= 15 is 0 Å². The molecule has 0 aliphatic heterocycles. The van der Waals surface area contributed by atoms with Crippen LogP contribution in [0.1, 0.15) is 20.3 Å². The summed E-state index contributed by atoms with van der Waals surface area (Å²) in [5.74, 6) is 1.67. The van der Waals surface area contributed by atoms with E-state index in [0.29, 0.717) is 6.42 Å². The molecule has 0 amide bonds. The molecule has 0 bridgehead atoms. The minimum absolute atomic E-state index is 0.664. The Balaban J connectivity index is 2.21. The molecule has 2 rings (SSSR count). The van der Waals surface area contributed by atoms with Crippen LogP contribution in [0.15, 0.2) is 24.8 Å². The van der Waals surface area contributed by atoms with Crippen molar-refractivity contribution in [3.8, 4) is 11.6 Å². The van der Waals surface area contributed by atoms with Crippen LogP contribution in [0.2, 0.25) is 0 Å². The monoisotopic (exact) mass is 234 g/mol. The van der Waals surface area contributed by atoms with Crippen molar-refractivity contribution in [1.82, 2.24) is 19.1 Å². The predicted molar refractivity (Wildman–Crippen MR) is 65.3 cm³/mol. The molecule has 92 valence electrons. The maximum atomic E-state index is 9.74. The summed E-state index contributed by atoms with van der Waals surface area (Å²) in [6.07, 6.45) is 8.00. The maximum Gasteiger partial charge on any atom is 0.176 e. The van der Waals surface area contributed by atoms with Crippen molar-refractivity contribution in [2.45, 2.75) is 32.4 Å². The molecule has 2 aromatic rings. The van der Waals surface area contributed by atoms with Gasteiger partial charge >= 0.3 is 0 Å². The van der Waals surface area contributed by atoms with E-state index in [1.807, 2.05) is 42.4 Å². The number of aliphatic hydroxyl groups is 1. The summed E-state index contributed by atoms with van der Waals surface area (Å²) in [5.41, 5.74) is -0.664. The highest BCUT2D eigenvalue weighted by molar-refractivity contribution is 5.44. The third-order valence-corrected chi connectivity index (χ3v) is 2.70. The van der Waals surface area contributed by atoms with Gasteiger partial charge in [0.15, 0.2) is 11.6 Å². The van der Waals surface area contributed by atoms with Crippen LogP contribution in [0.5, 0.6) is 0 Å². The van der Waals surface area contributed by atoms with Crippen LogP contribution in [-0.4, -0.2) is 29.8 Å². The lowest BCUT2D eigenvalue weighted by atomic mass is 10.1. The lowest BCUT2D eigenvalue weighted by Crippen LogP contribution is -2.21. The Hall–Kier alpha value is -1.62. The molecule has 2 heterocycles. The number of nitrogens with zero attached hydrogens (tertiary/aromatic N) is 4. The Morgan fingerprint density at radius 2 is 1.82 bits per heavy atom. The van der Waals surface area contributed by atoms with Gasteiger partial charge in [-0.3, -0.25) is 0 Å². The minimum atomic E-state index is -0.664. The molecule has 0 saturated carbocycles. The molecule has 0 fully saturated rings. The van der Waals surface area contributed by atoms with Gasteiger partial charge in [-0.15, -0.1) is 0 Å². The molecular formula is C12H18N4O. The smallest absolute Gasteiger partial charge is 0.176 e. The molecule has 0 aliphatic carbocycles. The van der Waals surface area contributed by atoms with Crippen LogP contribution in [0.3, 0.4) is 0 Å². The zero-order valence-corrected chi connectivity index (χ0v) is 10.5. The van der Waals surface area contributed by atoms with Crippen LogP contribution in [0, 0.1) is 0 Å². The molecule has 0 saturated heterocycles. The van der Waals surface area contributed by atoms with Gasteiger partial charge in [0.25, 0.3) is 0 Å². The van der Waals surface area contributed by atoms with Gasteiger partial charge in [-0.2, -0.15) is 0 Å². The van der Waals surface area contributed by atoms with E-state index in [4.69, 9.17) is 0 Å². The first kappa shape index (κ1) is 11.9. The van der Waals surface area contributed by atoms with Crippen molar-refractivity contribution in [2.75, 3.05) is 0 Å². The van der Waals surface area contributed by atoms with Gasteiger partial charge < -0.3 is 14.2 Å². The second kappa shape index (κ2) is 4.33. The number of hydrogen-bond acceptors (Lipinski definition) is 3. The van der Waals surface area contributed by atoms with Crippen LogP contribution in [-0.2, 0) is 13.6 Å². The van der Waals surface area contributed by atoms with Gasteiger partial charge in [-0.1, -0.05) is 0 Å². The molecule has 1 N–H and O–H groups in total. The number of aryl methyl sites for hydroxylation is 2. The van der Waals surface area contributed by atoms with Gasteiger partial charge in [0.1, 0.15) is 0 Å². The minimum Gasteiger partial charge on any atom is -0.390 e. The quantitative estimate of drug-likeness (QED) is 0.871. The van der Waals surface area contributed by atoms with Gasteiger partial charge in [-0.25, -0.2) is 9.97 Å². The van der Waals surface area contributed by atoms with E-state index in [0.717, 1.165) is 18.2 Å². The maximum absolute atomic E-state index is 9.74. The van der Waals surface area contributed by atoms with Crippen molar-refractivity contribution in [2.24, 2.45) is 7.05 Å². The van der Waals surface area contributed by atoms with Crippen molar-refractivity contribution in [3.05, 3.63) is 24.8 Å². The fourth-order valence-corrected chi connectivity index (χ4v) is 1.67. The SMILES string of the molecule is Cn1ccnc1-c1nccn1CCC(C)(C)O. The molecule has 0 aliphatic rings. The van der Waals surface area contributed by atoms with Crippen LogP contribution < -0.4 is 0 Å². The molecular weight excluding hydrogens is 216 g/mol. The van der Waals surface area contributed by atoms with Crippen molar-refractivity contribution in [3.63, 3.8) is 0 Å². The largest absolute Gasteiger partial charge is 0.390 e. The summed E-state index contributed by atoms with van der Waals surface area (Å²) in [6, 6.07) is 0. The van der Waals surface area contributed by atoms with Gasteiger partial charge in [0, 0.05) is 38.4 Å². The van der Waals surface area contributed by atoms with E-state index in [1.54, 1.807) is 12.4 Å². The van der Waals surface area contributed by atoms with Crippen LogP contribution in [0.4, 0.5) is 0 Å². The highest BCUT2D eigenvalue weighted by Crippen LogP contribution is 2.17. The first-order valence-electron chi connectivity index (χ1n) is 5.68. The highest BCUT2D eigenvalue weighted by Gasteiger charge is 2.15. The van der Waals surface area contributed by atoms with E-state index in [-0.39, 0.29) is 0 Å². The topological polar surface area (TPSA) is 55.9 Å². The molecule has 0 radical (unpaired) electrons. The summed E-state index contributed by atoms with van der Waals surface area (Å²) in [6.45, 7) is 4.35. The van der Waals surface area contributed by atoms with E-state index in [9.17, 15) is 5.11 Å². The van der Waals surface area contributed by atoms with Crippen molar-refractivity contribution < 1.29 is 5.11 Å². The second-order valence-corrected chi connectivity index (χ2v) is 4.87. The van der Waals surface area contributed by atoms with Crippen LogP contribution in [0.25, 0.3) is 11.6 Å². The third kappa shape index (κ3) is 2.74. The highest BCUT2D eigenvalue weighted by atomic mass is 16.3. The Morgan fingerprint density at radius 1 is 1.18 bits per heavy atom. The number of imidazole rings is 2. The van der Waals surface area contributed by atoms with E-state index in [1.165, 1.54) is 0 Å². The zero-order valence-electron chi connectivity index (χ0n) is 10.5. The average Bonchev–Trinajstić information content (AvgIpc) is 2.81. The van der Waals surface area contributed by atoms with E-state index < -0.39 is 5.60 Å². The first-order chi connectivity index (χ1) is 7.97. The zero-order chi connectivity index (χ0) is 12.5. The summed E-state index contributed by atoms with van der Waals surface area (Å²) < 4.78 is 3.95. The fourth-order valence-electron chi connectivity index (χ4n) is 1.67. The Kier molecular flexibility index (Phi) is 3.02. The summed E-state index contributed by atoms with van der Waals surface area (Å²) in [4.78, 5) is 8.60. The fraction of sp³-hybridized carbons (Fsp3) is 0.500. The molecule has 5 nitrogen and oxygen atoms in total. The summed E-state index contributed by atoms with van der Waals surface area (Å²) in [5, 5.41) is 9.74. The predicted octanol–water partition coefficient (Wildman–Crippen LogP) is 1.44. The Bertz CT molecular complexity index is 493. The van der Waals surface area contributed by atoms with Crippen molar-refractivity contribution >= 4 is 0 Å². The Morgan fingerprint density at radius 3 is 2.41 bits per heavy atom. The first-order valence-corrected chi connectivity index (χ1v) is 5.68. The van der Waals surface area contributed by atoms with Gasteiger partial charge in [0.05, 0.1) is 5.60 Å². The van der Waals surface area contributed by atoms with Crippen molar-refractivity contribution in [1.29, 1.82) is 0 Å². The molecule has 0 aromatic carbocycles. The van der Waals surface area contributed by atoms with Gasteiger partial charge in [0.2, 0.25) is 0 Å². The molecule has 0 atom stereocenters. The lowest BCUT2D eigenvalue weighted by molar-refractivity contribution is 0.0663. The lowest BCUT2D eigenvalue weighted by Gasteiger charge is -2.17. The standard InChI is InChI=1S/C12H18N4O/c1-12(2,17)4-7-16-9-6-14-11(16)10-13-5-8-15(10)3/h5-6,8-9,17H,4,7H2,1-3H3. The average molecular weight is 234 g/mol. The third-order valence-electron chi connectivity index (χ3n) is 2.70. The van der Waals surface area contributed by atoms with Gasteiger partial charge in [-0.05, 0) is 20.3 Å².